The smallest absolute Gasteiger partial charge is 0.293 e. The molecule has 9 heteroatoms. The molecule has 0 heterocycles. The van der Waals surface area contributed by atoms with E-state index in [0.717, 1.165) is 5.56 Å². The first-order valence-corrected chi connectivity index (χ1v) is 9.66. The van der Waals surface area contributed by atoms with Crippen molar-refractivity contribution in [1.82, 2.24) is 5.32 Å². The number of anilines is 2. The van der Waals surface area contributed by atoms with Crippen molar-refractivity contribution in [3.05, 3.63) is 98.6 Å². The third-order valence-electron chi connectivity index (χ3n) is 4.49. The summed E-state index contributed by atoms with van der Waals surface area (Å²) in [4.78, 5) is 35.3. The highest BCUT2D eigenvalue weighted by molar-refractivity contribution is 6.31. The Bertz CT molecular complexity index is 1150. The Morgan fingerprint density at radius 2 is 1.71 bits per heavy atom. The molecule has 3 aromatic rings. The fourth-order valence-corrected chi connectivity index (χ4v) is 3.09. The third kappa shape index (κ3) is 5.37. The highest BCUT2D eigenvalue weighted by atomic mass is 35.5. The summed E-state index contributed by atoms with van der Waals surface area (Å²) in [6.07, 6.45) is 0. The maximum atomic E-state index is 12.6. The molecule has 0 saturated carbocycles. The second-order valence-corrected chi connectivity index (χ2v) is 6.96. The number of hydrogen-bond acceptors (Lipinski definition) is 5. The van der Waals surface area contributed by atoms with E-state index in [9.17, 15) is 19.7 Å². The van der Waals surface area contributed by atoms with Crippen LogP contribution in [0, 0.1) is 10.1 Å². The molecule has 0 aliphatic carbocycles. The lowest BCUT2D eigenvalue weighted by Crippen LogP contribution is -2.18. The molecule has 3 rings (SSSR count). The van der Waals surface area contributed by atoms with Crippen LogP contribution in [0.2, 0.25) is 5.02 Å². The van der Waals surface area contributed by atoms with Gasteiger partial charge in [0.2, 0.25) is 0 Å². The zero-order chi connectivity index (χ0) is 22.4. The van der Waals surface area contributed by atoms with Gasteiger partial charge in [-0.1, -0.05) is 35.9 Å². The molecule has 0 fully saturated rings. The highest BCUT2D eigenvalue weighted by Crippen LogP contribution is 2.27. The first-order valence-electron chi connectivity index (χ1n) is 9.28. The van der Waals surface area contributed by atoms with Crippen LogP contribution in [0.4, 0.5) is 17.1 Å². The Morgan fingerprint density at radius 1 is 0.968 bits per heavy atom. The molecule has 3 aromatic carbocycles. The highest BCUT2D eigenvalue weighted by Gasteiger charge is 2.18. The van der Waals surface area contributed by atoms with Crippen LogP contribution in [0.15, 0.2) is 66.7 Å². The van der Waals surface area contributed by atoms with Crippen LogP contribution in [0.5, 0.6) is 0 Å². The predicted octanol–water partition coefficient (Wildman–Crippen LogP) is 4.47. The van der Waals surface area contributed by atoms with Gasteiger partial charge in [-0.05, 0) is 42.0 Å². The lowest BCUT2D eigenvalue weighted by Gasteiger charge is -2.11. The molecule has 2 amide bonds. The maximum absolute atomic E-state index is 12.6. The fourth-order valence-electron chi connectivity index (χ4n) is 2.89. The van der Waals surface area contributed by atoms with E-state index in [-0.39, 0.29) is 22.8 Å². The molecule has 0 unspecified atom stereocenters. The van der Waals surface area contributed by atoms with Crippen molar-refractivity contribution in [1.29, 1.82) is 0 Å². The minimum absolute atomic E-state index is 0.111. The van der Waals surface area contributed by atoms with E-state index in [1.165, 1.54) is 31.3 Å². The summed E-state index contributed by atoms with van der Waals surface area (Å²) in [7, 11) is 1.51. The Balaban J connectivity index is 1.78. The fraction of sp³-hybridized carbons (Fsp3) is 0.0909. The molecule has 0 spiro atoms. The van der Waals surface area contributed by atoms with Gasteiger partial charge < -0.3 is 16.0 Å². The summed E-state index contributed by atoms with van der Waals surface area (Å²) in [6.45, 7) is 0.290. The molecule has 31 heavy (non-hydrogen) atoms. The first kappa shape index (κ1) is 21.8. The summed E-state index contributed by atoms with van der Waals surface area (Å²) in [5, 5.41) is 20.2. The van der Waals surface area contributed by atoms with Crippen LogP contribution in [0.1, 0.15) is 26.3 Å². The van der Waals surface area contributed by atoms with Crippen LogP contribution < -0.4 is 16.0 Å². The van der Waals surface area contributed by atoms with E-state index in [2.05, 4.69) is 16.0 Å². The molecule has 3 N–H and O–H groups in total. The Morgan fingerprint density at radius 3 is 2.42 bits per heavy atom. The molecule has 0 radical (unpaired) electrons. The number of nitrogens with zero attached hydrogens (tertiary/aromatic N) is 1. The Hall–Kier alpha value is -3.91. The number of rotatable bonds is 7. The summed E-state index contributed by atoms with van der Waals surface area (Å²) >= 11 is 6.12. The number of halogens is 1. The average molecular weight is 439 g/mol. The normalized spacial score (nSPS) is 10.3. The van der Waals surface area contributed by atoms with Crippen LogP contribution in [-0.4, -0.2) is 23.8 Å². The first-order chi connectivity index (χ1) is 14.9. The number of carbonyl (C=O) groups is 2. The zero-order valence-electron chi connectivity index (χ0n) is 16.5. The molecule has 0 aliphatic rings. The quantitative estimate of drug-likeness (QED) is 0.372. The van der Waals surface area contributed by atoms with E-state index in [1.807, 2.05) is 12.1 Å². The van der Waals surface area contributed by atoms with Crippen molar-refractivity contribution in [3.63, 3.8) is 0 Å². The predicted molar refractivity (Wildman–Crippen MR) is 120 cm³/mol. The standard InChI is InChI=1S/C22H19ClN4O4/c1-24-21(28)14-6-4-7-17(11-14)26-22(29)15-9-10-19(20(12-15)27(30)31)25-13-16-5-2-3-8-18(16)23/h2-12,25H,13H2,1H3,(H,24,28)(H,26,29). The molecule has 0 aliphatic heterocycles. The van der Waals surface area contributed by atoms with Gasteiger partial charge in [0.05, 0.1) is 4.92 Å². The topological polar surface area (TPSA) is 113 Å². The van der Waals surface area contributed by atoms with E-state index < -0.39 is 10.8 Å². The van der Waals surface area contributed by atoms with E-state index in [4.69, 9.17) is 11.6 Å². The summed E-state index contributed by atoms with van der Waals surface area (Å²) in [5.41, 5.74) is 1.71. The minimum atomic E-state index is -0.558. The van der Waals surface area contributed by atoms with Crippen molar-refractivity contribution < 1.29 is 14.5 Å². The Labute approximate surface area is 183 Å². The van der Waals surface area contributed by atoms with Crippen LogP contribution in [-0.2, 0) is 6.54 Å². The Kier molecular flexibility index (Phi) is 6.84. The molecule has 0 bridgehead atoms. The van der Waals surface area contributed by atoms with Gasteiger partial charge in [0, 0.05) is 41.5 Å². The number of carbonyl (C=O) groups excluding carboxylic acids is 2. The lowest BCUT2D eigenvalue weighted by molar-refractivity contribution is -0.384. The van der Waals surface area contributed by atoms with E-state index in [0.29, 0.717) is 22.8 Å². The van der Waals surface area contributed by atoms with Gasteiger partial charge in [-0.15, -0.1) is 0 Å². The second-order valence-electron chi connectivity index (χ2n) is 6.55. The largest absolute Gasteiger partial charge is 0.375 e. The zero-order valence-corrected chi connectivity index (χ0v) is 17.3. The minimum Gasteiger partial charge on any atom is -0.375 e. The van der Waals surface area contributed by atoms with Gasteiger partial charge in [0.1, 0.15) is 5.69 Å². The molecule has 158 valence electrons. The number of benzene rings is 3. The third-order valence-corrected chi connectivity index (χ3v) is 4.86. The van der Waals surface area contributed by atoms with Gasteiger partial charge in [0.15, 0.2) is 0 Å². The van der Waals surface area contributed by atoms with Crippen LogP contribution in [0.25, 0.3) is 0 Å². The average Bonchev–Trinajstić information content (AvgIpc) is 2.78. The van der Waals surface area contributed by atoms with Crippen LogP contribution in [0.3, 0.4) is 0 Å². The monoisotopic (exact) mass is 438 g/mol. The summed E-state index contributed by atoms with van der Waals surface area (Å²) in [5.74, 6) is -0.824. The van der Waals surface area contributed by atoms with E-state index in [1.54, 1.807) is 30.3 Å². The number of nitro benzene ring substituents is 1. The molecule has 0 saturated heterocycles. The molecular weight excluding hydrogens is 420 g/mol. The summed E-state index contributed by atoms with van der Waals surface area (Å²) in [6, 6.07) is 17.7. The maximum Gasteiger partial charge on any atom is 0.293 e. The number of nitrogens with one attached hydrogen (secondary N) is 3. The van der Waals surface area contributed by atoms with Crippen molar-refractivity contribution in [2.45, 2.75) is 6.54 Å². The SMILES string of the molecule is CNC(=O)c1cccc(NC(=O)c2ccc(NCc3ccccc3Cl)c([N+](=O)[O-])c2)c1. The van der Waals surface area contributed by atoms with Crippen LogP contribution >= 0.6 is 11.6 Å². The van der Waals surface area contributed by atoms with Gasteiger partial charge in [-0.3, -0.25) is 19.7 Å². The van der Waals surface area contributed by atoms with Crippen molar-refractivity contribution >= 4 is 40.5 Å². The van der Waals surface area contributed by atoms with Gasteiger partial charge >= 0.3 is 0 Å². The molecule has 8 nitrogen and oxygen atoms in total. The van der Waals surface area contributed by atoms with Gasteiger partial charge in [-0.25, -0.2) is 0 Å². The number of nitro groups is 1. The van der Waals surface area contributed by atoms with Gasteiger partial charge in [0.25, 0.3) is 17.5 Å². The molecule has 0 aromatic heterocycles. The number of amides is 2. The summed E-state index contributed by atoms with van der Waals surface area (Å²) < 4.78 is 0. The molecule has 0 atom stereocenters. The second kappa shape index (κ2) is 9.73. The van der Waals surface area contributed by atoms with Crippen molar-refractivity contribution in [3.8, 4) is 0 Å². The van der Waals surface area contributed by atoms with Crippen molar-refractivity contribution in [2.24, 2.45) is 0 Å². The molecular formula is C22H19ClN4O4. The van der Waals surface area contributed by atoms with Gasteiger partial charge in [-0.2, -0.15) is 0 Å². The lowest BCUT2D eigenvalue weighted by atomic mass is 10.1. The van der Waals surface area contributed by atoms with E-state index >= 15 is 0 Å². The number of hydrogen-bond donors (Lipinski definition) is 3. The van der Waals surface area contributed by atoms with Crippen molar-refractivity contribution in [2.75, 3.05) is 17.7 Å².